The molecule has 90 valence electrons. The van der Waals surface area contributed by atoms with Crippen molar-refractivity contribution >= 4 is 6.09 Å². The van der Waals surface area contributed by atoms with Crippen LogP contribution in [0.4, 0.5) is 4.79 Å². The third-order valence-electron chi connectivity index (χ3n) is 2.42. The lowest BCUT2D eigenvalue weighted by Gasteiger charge is -2.34. The number of ether oxygens (including phenoxy) is 1. The third-order valence-corrected chi connectivity index (χ3v) is 2.42. The SMILES string of the molecule is C=CCN(C(=O)OC(C)(C)C)C1=CC[C@H]1C. The van der Waals surface area contributed by atoms with Crippen LogP contribution >= 0.6 is 0 Å². The second-order valence-corrected chi connectivity index (χ2v) is 5.15. The van der Waals surface area contributed by atoms with Crippen molar-refractivity contribution in [2.75, 3.05) is 6.54 Å². The number of hydrogen-bond donors (Lipinski definition) is 0. The smallest absolute Gasteiger partial charge is 0.414 e. The summed E-state index contributed by atoms with van der Waals surface area (Å²) in [6.07, 6.45) is 4.53. The minimum absolute atomic E-state index is 0.287. The molecule has 0 heterocycles. The van der Waals surface area contributed by atoms with E-state index < -0.39 is 5.60 Å². The van der Waals surface area contributed by atoms with Gasteiger partial charge in [-0.1, -0.05) is 19.1 Å². The molecule has 0 fully saturated rings. The second kappa shape index (κ2) is 4.73. The van der Waals surface area contributed by atoms with E-state index in [9.17, 15) is 4.79 Å². The number of allylic oxidation sites excluding steroid dienone is 2. The van der Waals surface area contributed by atoms with Crippen LogP contribution < -0.4 is 0 Å². The van der Waals surface area contributed by atoms with Gasteiger partial charge >= 0.3 is 6.09 Å². The molecule has 0 aromatic carbocycles. The van der Waals surface area contributed by atoms with Crippen molar-refractivity contribution in [2.45, 2.75) is 39.7 Å². The van der Waals surface area contributed by atoms with E-state index in [1.165, 1.54) is 0 Å². The van der Waals surface area contributed by atoms with E-state index in [0.29, 0.717) is 12.5 Å². The summed E-state index contributed by atoms with van der Waals surface area (Å²) in [5, 5.41) is 0. The molecule has 0 bridgehead atoms. The Labute approximate surface area is 97.8 Å². The zero-order valence-corrected chi connectivity index (χ0v) is 10.6. The molecule has 0 aromatic heterocycles. The summed E-state index contributed by atoms with van der Waals surface area (Å²) in [6.45, 7) is 11.9. The number of amides is 1. The Morgan fingerprint density at radius 1 is 1.69 bits per heavy atom. The first-order chi connectivity index (χ1) is 7.35. The first-order valence-corrected chi connectivity index (χ1v) is 5.66. The molecule has 0 saturated heterocycles. The topological polar surface area (TPSA) is 29.5 Å². The van der Waals surface area contributed by atoms with E-state index in [0.717, 1.165) is 12.1 Å². The molecular weight excluding hydrogens is 202 g/mol. The molecule has 0 spiro atoms. The van der Waals surface area contributed by atoms with E-state index >= 15 is 0 Å². The molecule has 0 saturated carbocycles. The predicted octanol–water partition coefficient (Wildman–Crippen LogP) is 3.33. The van der Waals surface area contributed by atoms with Gasteiger partial charge in [-0.2, -0.15) is 0 Å². The number of carbonyl (C=O) groups is 1. The van der Waals surface area contributed by atoms with Crippen molar-refractivity contribution in [1.82, 2.24) is 4.90 Å². The highest BCUT2D eigenvalue weighted by Gasteiger charge is 2.29. The molecule has 0 radical (unpaired) electrons. The third kappa shape index (κ3) is 3.12. The molecule has 1 rings (SSSR count). The Hall–Kier alpha value is -1.25. The quantitative estimate of drug-likeness (QED) is 0.687. The summed E-state index contributed by atoms with van der Waals surface area (Å²) in [7, 11) is 0. The molecule has 0 aromatic rings. The van der Waals surface area contributed by atoms with Gasteiger partial charge in [0.1, 0.15) is 5.60 Å². The highest BCUT2D eigenvalue weighted by Crippen LogP contribution is 2.30. The zero-order chi connectivity index (χ0) is 12.3. The van der Waals surface area contributed by atoms with Gasteiger partial charge in [0.15, 0.2) is 0 Å². The van der Waals surface area contributed by atoms with E-state index in [2.05, 4.69) is 19.6 Å². The molecule has 0 N–H and O–H groups in total. The van der Waals surface area contributed by atoms with E-state index in [1.54, 1.807) is 11.0 Å². The Bertz CT molecular complexity index is 312. The van der Waals surface area contributed by atoms with Gasteiger partial charge in [0, 0.05) is 12.2 Å². The zero-order valence-electron chi connectivity index (χ0n) is 10.6. The summed E-state index contributed by atoms with van der Waals surface area (Å²) in [5.74, 6) is 0.437. The molecule has 1 aliphatic carbocycles. The van der Waals surface area contributed by atoms with Gasteiger partial charge in [0.2, 0.25) is 0 Å². The molecule has 0 unspecified atom stereocenters. The number of carbonyl (C=O) groups excluding carboxylic acids is 1. The van der Waals surface area contributed by atoms with E-state index in [1.807, 2.05) is 20.8 Å². The van der Waals surface area contributed by atoms with Crippen molar-refractivity contribution in [2.24, 2.45) is 5.92 Å². The van der Waals surface area contributed by atoms with Crippen LogP contribution in [-0.4, -0.2) is 23.1 Å². The van der Waals surface area contributed by atoms with Gasteiger partial charge in [-0.3, -0.25) is 4.90 Å². The lowest BCUT2D eigenvalue weighted by atomic mass is 9.91. The summed E-state index contributed by atoms with van der Waals surface area (Å²) in [5.41, 5.74) is 0.596. The lowest BCUT2D eigenvalue weighted by Crippen LogP contribution is -2.39. The summed E-state index contributed by atoms with van der Waals surface area (Å²) in [6, 6.07) is 0. The average molecular weight is 223 g/mol. The molecular formula is C13H21NO2. The van der Waals surface area contributed by atoms with Crippen LogP contribution in [0, 0.1) is 5.92 Å². The Morgan fingerprint density at radius 3 is 2.62 bits per heavy atom. The highest BCUT2D eigenvalue weighted by molar-refractivity contribution is 5.71. The first-order valence-electron chi connectivity index (χ1n) is 5.66. The minimum atomic E-state index is -0.454. The maximum absolute atomic E-state index is 11.9. The highest BCUT2D eigenvalue weighted by atomic mass is 16.6. The van der Waals surface area contributed by atoms with Crippen molar-refractivity contribution in [3.8, 4) is 0 Å². The fourth-order valence-corrected chi connectivity index (χ4v) is 1.57. The van der Waals surface area contributed by atoms with Gasteiger partial charge in [0.05, 0.1) is 0 Å². The summed E-state index contributed by atoms with van der Waals surface area (Å²) >= 11 is 0. The van der Waals surface area contributed by atoms with Crippen molar-refractivity contribution in [3.63, 3.8) is 0 Å². The van der Waals surface area contributed by atoms with Crippen LogP contribution in [-0.2, 0) is 4.74 Å². The minimum Gasteiger partial charge on any atom is -0.443 e. The second-order valence-electron chi connectivity index (χ2n) is 5.15. The van der Waals surface area contributed by atoms with Gasteiger partial charge < -0.3 is 4.74 Å². The molecule has 1 atom stereocenters. The largest absolute Gasteiger partial charge is 0.443 e. The molecule has 3 nitrogen and oxygen atoms in total. The van der Waals surface area contributed by atoms with Crippen LogP contribution in [0.25, 0.3) is 0 Å². The van der Waals surface area contributed by atoms with Crippen LogP contribution in [0.1, 0.15) is 34.1 Å². The standard InChI is InChI=1S/C13H21NO2/c1-6-9-14(11-8-7-10(11)2)12(15)16-13(3,4)5/h6,8,10H,1,7,9H2,2-5H3/t10-/m1/s1. The molecule has 16 heavy (non-hydrogen) atoms. The van der Waals surface area contributed by atoms with E-state index in [-0.39, 0.29) is 6.09 Å². The Morgan fingerprint density at radius 2 is 2.31 bits per heavy atom. The maximum atomic E-state index is 11.9. The Kier molecular flexibility index (Phi) is 3.79. The van der Waals surface area contributed by atoms with Crippen molar-refractivity contribution in [1.29, 1.82) is 0 Å². The van der Waals surface area contributed by atoms with Gasteiger partial charge in [-0.25, -0.2) is 4.79 Å². The number of hydrogen-bond acceptors (Lipinski definition) is 2. The molecule has 1 aliphatic rings. The van der Waals surface area contributed by atoms with Crippen LogP contribution in [0.15, 0.2) is 24.4 Å². The monoisotopic (exact) mass is 223 g/mol. The lowest BCUT2D eigenvalue weighted by molar-refractivity contribution is 0.0304. The van der Waals surface area contributed by atoms with Crippen molar-refractivity contribution in [3.05, 3.63) is 24.4 Å². The molecule has 0 aliphatic heterocycles. The summed E-state index contributed by atoms with van der Waals surface area (Å²) < 4.78 is 5.36. The van der Waals surface area contributed by atoms with E-state index in [4.69, 9.17) is 4.74 Å². The van der Waals surface area contributed by atoms with Crippen LogP contribution in [0.3, 0.4) is 0 Å². The van der Waals surface area contributed by atoms with Crippen LogP contribution in [0.2, 0.25) is 0 Å². The van der Waals surface area contributed by atoms with Gasteiger partial charge in [0.25, 0.3) is 0 Å². The normalized spacial score (nSPS) is 19.5. The average Bonchev–Trinajstić information content (AvgIpc) is 2.12. The summed E-state index contributed by atoms with van der Waals surface area (Å²) in [4.78, 5) is 13.6. The maximum Gasteiger partial charge on any atom is 0.414 e. The van der Waals surface area contributed by atoms with Crippen LogP contribution in [0.5, 0.6) is 0 Å². The van der Waals surface area contributed by atoms with Gasteiger partial charge in [-0.15, -0.1) is 6.58 Å². The predicted molar refractivity (Wildman–Crippen MR) is 65.0 cm³/mol. The first kappa shape index (κ1) is 12.8. The molecule has 1 amide bonds. The fourth-order valence-electron chi connectivity index (χ4n) is 1.57. The fraction of sp³-hybridized carbons (Fsp3) is 0.615. The number of nitrogens with zero attached hydrogens (tertiary/aromatic N) is 1. The molecule has 3 heteroatoms. The number of rotatable bonds is 3. The van der Waals surface area contributed by atoms with Crippen molar-refractivity contribution < 1.29 is 9.53 Å². The van der Waals surface area contributed by atoms with Gasteiger partial charge in [-0.05, 0) is 33.1 Å². The Balaban J connectivity index is 2.71.